The zero-order valence-corrected chi connectivity index (χ0v) is 17.3. The van der Waals surface area contributed by atoms with Crippen molar-refractivity contribution in [3.63, 3.8) is 0 Å². The zero-order chi connectivity index (χ0) is 18.1. The Bertz CT molecular complexity index is 616. The van der Waals surface area contributed by atoms with E-state index in [1.807, 2.05) is 11.3 Å². The third-order valence-electron chi connectivity index (χ3n) is 7.48. The molecule has 0 unspecified atom stereocenters. The average Bonchev–Trinajstić information content (AvgIpc) is 3.25. The minimum absolute atomic E-state index is 0.202. The van der Waals surface area contributed by atoms with Crippen LogP contribution in [-0.2, 0) is 11.3 Å². The fourth-order valence-electron chi connectivity index (χ4n) is 6.51. The van der Waals surface area contributed by atoms with Gasteiger partial charge in [0.1, 0.15) is 0 Å². The van der Waals surface area contributed by atoms with E-state index in [2.05, 4.69) is 41.3 Å². The number of nitrogens with zero attached hydrogens (tertiary/aromatic N) is 2. The summed E-state index contributed by atoms with van der Waals surface area (Å²) in [6.07, 6.45) is 10.7. The smallest absolute Gasteiger partial charge is 0.223 e. The lowest BCUT2D eigenvalue weighted by molar-refractivity contribution is -0.139. The summed E-state index contributed by atoms with van der Waals surface area (Å²) in [4.78, 5) is 19.2. The van der Waals surface area contributed by atoms with Crippen molar-refractivity contribution in [2.75, 3.05) is 13.6 Å². The second kappa shape index (κ2) is 7.63. The Labute approximate surface area is 162 Å². The molecule has 0 bridgehead atoms. The van der Waals surface area contributed by atoms with E-state index < -0.39 is 0 Å². The predicted octanol–water partition coefficient (Wildman–Crippen LogP) is 4.92. The molecular weight excluding hydrogens is 340 g/mol. The lowest BCUT2D eigenvalue weighted by Gasteiger charge is -2.54. The molecule has 2 aliphatic heterocycles. The van der Waals surface area contributed by atoms with E-state index in [-0.39, 0.29) is 5.54 Å². The predicted molar refractivity (Wildman–Crippen MR) is 108 cm³/mol. The Kier molecular flexibility index (Phi) is 5.43. The molecule has 3 heterocycles. The van der Waals surface area contributed by atoms with E-state index in [4.69, 9.17) is 0 Å². The van der Waals surface area contributed by atoms with Crippen LogP contribution in [0.5, 0.6) is 0 Å². The molecule has 0 aromatic carbocycles. The molecule has 0 radical (unpaired) electrons. The molecule has 144 valence electrons. The van der Waals surface area contributed by atoms with Crippen LogP contribution in [0.1, 0.15) is 69.6 Å². The van der Waals surface area contributed by atoms with Gasteiger partial charge in [0.25, 0.3) is 0 Å². The number of thiophene rings is 1. The first-order valence-corrected chi connectivity index (χ1v) is 11.6. The van der Waals surface area contributed by atoms with Gasteiger partial charge in [-0.25, -0.2) is 0 Å². The number of hydrogen-bond donors (Lipinski definition) is 0. The molecule has 0 N–H and O–H groups in total. The lowest BCUT2D eigenvalue weighted by atomic mass is 9.61. The van der Waals surface area contributed by atoms with Crippen molar-refractivity contribution in [2.45, 2.75) is 82.8 Å². The van der Waals surface area contributed by atoms with Gasteiger partial charge in [0.05, 0.1) is 0 Å². The van der Waals surface area contributed by atoms with Gasteiger partial charge >= 0.3 is 0 Å². The highest BCUT2D eigenvalue weighted by molar-refractivity contribution is 7.09. The molecule has 4 atom stereocenters. The largest absolute Gasteiger partial charge is 0.337 e. The molecule has 3 fully saturated rings. The summed E-state index contributed by atoms with van der Waals surface area (Å²) in [5.74, 6) is 1.90. The van der Waals surface area contributed by atoms with Crippen LogP contribution in [0.15, 0.2) is 17.5 Å². The van der Waals surface area contributed by atoms with Gasteiger partial charge < -0.3 is 4.90 Å². The maximum atomic E-state index is 12.8. The van der Waals surface area contributed by atoms with Gasteiger partial charge in [-0.1, -0.05) is 19.4 Å². The van der Waals surface area contributed by atoms with E-state index in [1.54, 1.807) is 0 Å². The first-order chi connectivity index (χ1) is 12.7. The molecule has 4 heteroatoms. The molecular formula is C22H34N2OS. The van der Waals surface area contributed by atoms with Gasteiger partial charge in [-0.05, 0) is 75.3 Å². The van der Waals surface area contributed by atoms with Crippen LogP contribution < -0.4 is 0 Å². The molecule has 1 aromatic heterocycles. The second-order valence-corrected chi connectivity index (χ2v) is 9.84. The van der Waals surface area contributed by atoms with Crippen LogP contribution in [0.4, 0.5) is 0 Å². The van der Waals surface area contributed by atoms with Gasteiger partial charge in [-0.2, -0.15) is 0 Å². The van der Waals surface area contributed by atoms with Gasteiger partial charge in [-0.15, -0.1) is 11.3 Å². The molecule has 1 saturated carbocycles. The minimum atomic E-state index is 0.202. The summed E-state index contributed by atoms with van der Waals surface area (Å²) in [5.41, 5.74) is 0.202. The van der Waals surface area contributed by atoms with Crippen LogP contribution >= 0.6 is 11.3 Å². The molecule has 4 rings (SSSR count). The monoisotopic (exact) mass is 374 g/mol. The van der Waals surface area contributed by atoms with E-state index >= 15 is 0 Å². The summed E-state index contributed by atoms with van der Waals surface area (Å²) in [6, 6.07) is 5.10. The van der Waals surface area contributed by atoms with E-state index in [9.17, 15) is 4.79 Å². The van der Waals surface area contributed by atoms with Crippen molar-refractivity contribution in [1.82, 2.24) is 9.80 Å². The Morgan fingerprint density at radius 1 is 1.31 bits per heavy atom. The van der Waals surface area contributed by atoms with Crippen molar-refractivity contribution in [3.8, 4) is 0 Å². The summed E-state index contributed by atoms with van der Waals surface area (Å²) < 4.78 is 0. The maximum absolute atomic E-state index is 12.8. The third-order valence-corrected chi connectivity index (χ3v) is 8.34. The molecule has 1 amide bonds. The second-order valence-electron chi connectivity index (χ2n) is 8.80. The van der Waals surface area contributed by atoms with Crippen LogP contribution in [0.25, 0.3) is 0 Å². The fraction of sp³-hybridized carbons (Fsp3) is 0.773. The SMILES string of the molecule is CCC[C@H]1[C@H](N(C)Cc2cccs2)CC[C@@]23CCCN2C(=O)CCC[C@@H]13. The fourth-order valence-corrected chi connectivity index (χ4v) is 7.28. The van der Waals surface area contributed by atoms with Crippen LogP contribution in [0.3, 0.4) is 0 Å². The minimum Gasteiger partial charge on any atom is -0.337 e. The van der Waals surface area contributed by atoms with Crippen molar-refractivity contribution in [1.29, 1.82) is 0 Å². The molecule has 26 heavy (non-hydrogen) atoms. The standard InChI is InChI=1S/C22H34N2OS/c1-3-7-18-19-9-4-10-21(25)24-14-6-12-22(19,24)13-11-20(18)23(2)16-17-8-5-15-26-17/h5,8,15,18-20H,3-4,6-7,9-14,16H2,1-2H3/t18-,19+,20-,22-/m1/s1. The summed E-state index contributed by atoms with van der Waals surface area (Å²) in [5, 5.41) is 2.19. The molecule has 3 aliphatic rings. The third kappa shape index (κ3) is 3.13. The van der Waals surface area contributed by atoms with Gasteiger partial charge in [0.15, 0.2) is 0 Å². The van der Waals surface area contributed by atoms with Crippen LogP contribution in [0, 0.1) is 11.8 Å². The Morgan fingerprint density at radius 2 is 2.19 bits per heavy atom. The van der Waals surface area contributed by atoms with Crippen LogP contribution in [0.2, 0.25) is 0 Å². The first-order valence-electron chi connectivity index (χ1n) is 10.7. The van der Waals surface area contributed by atoms with Crippen LogP contribution in [-0.4, -0.2) is 40.9 Å². The van der Waals surface area contributed by atoms with E-state index in [1.165, 1.54) is 49.8 Å². The van der Waals surface area contributed by atoms with E-state index in [0.29, 0.717) is 17.9 Å². The quantitative estimate of drug-likeness (QED) is 0.730. The number of hydrogen-bond acceptors (Lipinski definition) is 3. The zero-order valence-electron chi connectivity index (χ0n) is 16.5. The van der Waals surface area contributed by atoms with Gasteiger partial charge in [-0.3, -0.25) is 9.69 Å². The summed E-state index contributed by atoms with van der Waals surface area (Å²) >= 11 is 1.88. The number of carbonyl (C=O) groups excluding carboxylic acids is 1. The van der Waals surface area contributed by atoms with Crippen molar-refractivity contribution >= 4 is 17.2 Å². The topological polar surface area (TPSA) is 23.6 Å². The summed E-state index contributed by atoms with van der Waals surface area (Å²) in [6.45, 7) is 4.43. The van der Waals surface area contributed by atoms with Crippen molar-refractivity contribution in [2.24, 2.45) is 11.8 Å². The van der Waals surface area contributed by atoms with Gasteiger partial charge in [0, 0.05) is 36.0 Å². The van der Waals surface area contributed by atoms with E-state index in [0.717, 1.165) is 31.8 Å². The highest BCUT2D eigenvalue weighted by Crippen LogP contribution is 2.53. The number of rotatable bonds is 5. The first kappa shape index (κ1) is 18.5. The van der Waals surface area contributed by atoms with Gasteiger partial charge in [0.2, 0.25) is 5.91 Å². The average molecular weight is 375 g/mol. The highest BCUT2D eigenvalue weighted by atomic mass is 32.1. The molecule has 2 saturated heterocycles. The number of carbonyl (C=O) groups is 1. The van der Waals surface area contributed by atoms with Crippen molar-refractivity contribution in [3.05, 3.63) is 22.4 Å². The van der Waals surface area contributed by atoms with Crippen molar-refractivity contribution < 1.29 is 4.79 Å². The Balaban J connectivity index is 1.60. The lowest BCUT2D eigenvalue weighted by Crippen LogP contribution is -2.60. The molecule has 1 spiro atoms. The normalized spacial score (nSPS) is 34.7. The highest BCUT2D eigenvalue weighted by Gasteiger charge is 2.56. The molecule has 1 aromatic rings. The number of amides is 1. The summed E-state index contributed by atoms with van der Waals surface area (Å²) in [7, 11) is 2.33. The maximum Gasteiger partial charge on any atom is 0.223 e. The molecule has 1 aliphatic carbocycles. The Morgan fingerprint density at radius 3 is 2.96 bits per heavy atom. The molecule has 3 nitrogen and oxygen atoms in total. The Hall–Kier alpha value is -0.870.